The zero-order valence-corrected chi connectivity index (χ0v) is 14.2. The van der Waals surface area contributed by atoms with Crippen molar-refractivity contribution in [1.82, 2.24) is 5.32 Å². The number of anilines is 1. The maximum Gasteiger partial charge on any atom is 0.0442 e. The fourth-order valence-electron chi connectivity index (χ4n) is 3.43. The van der Waals surface area contributed by atoms with Crippen LogP contribution in [0.1, 0.15) is 31.2 Å². The highest BCUT2D eigenvalue weighted by molar-refractivity contribution is 5.77. The highest BCUT2D eigenvalue weighted by Crippen LogP contribution is 2.22. The first kappa shape index (κ1) is 16.6. The molecule has 3 nitrogen and oxygen atoms in total. The third kappa shape index (κ3) is 3.80. The van der Waals surface area contributed by atoms with Crippen molar-refractivity contribution < 1.29 is 0 Å². The van der Waals surface area contributed by atoms with Gasteiger partial charge in [0.1, 0.15) is 0 Å². The molecule has 126 valence electrons. The van der Waals surface area contributed by atoms with E-state index in [1.807, 2.05) is 12.2 Å². The molecule has 0 atom stereocenters. The molecule has 1 fully saturated rings. The molecule has 0 amide bonds. The van der Waals surface area contributed by atoms with Crippen molar-refractivity contribution in [3.63, 3.8) is 0 Å². The lowest BCUT2D eigenvalue weighted by atomic mass is 9.97. The summed E-state index contributed by atoms with van der Waals surface area (Å²) in [7, 11) is 0. The number of benzene rings is 1. The van der Waals surface area contributed by atoms with E-state index in [9.17, 15) is 0 Å². The SMILES string of the molecule is C=C/C=c1/cc(C2=CCCC=C2)cc(NC2CCNCC2)/c1=C/N. The van der Waals surface area contributed by atoms with Crippen LogP contribution in [0.4, 0.5) is 5.69 Å². The topological polar surface area (TPSA) is 50.1 Å². The van der Waals surface area contributed by atoms with E-state index in [0.29, 0.717) is 6.04 Å². The smallest absolute Gasteiger partial charge is 0.0442 e. The van der Waals surface area contributed by atoms with E-state index in [1.165, 1.54) is 11.1 Å². The predicted octanol–water partition coefficient (Wildman–Crippen LogP) is 2.25. The van der Waals surface area contributed by atoms with Gasteiger partial charge in [-0.2, -0.15) is 0 Å². The Hall–Kier alpha value is -2.26. The number of nitrogens with two attached hydrogens (primary N) is 1. The van der Waals surface area contributed by atoms with Crippen molar-refractivity contribution in [3.05, 3.63) is 59.0 Å². The Morgan fingerprint density at radius 1 is 1.21 bits per heavy atom. The minimum absolute atomic E-state index is 0.493. The molecule has 0 bridgehead atoms. The minimum Gasteiger partial charge on any atom is -0.404 e. The maximum atomic E-state index is 5.96. The van der Waals surface area contributed by atoms with Crippen LogP contribution in [0.25, 0.3) is 17.8 Å². The Balaban J connectivity index is 2.05. The van der Waals surface area contributed by atoms with E-state index < -0.39 is 0 Å². The van der Waals surface area contributed by atoms with Crippen LogP contribution >= 0.6 is 0 Å². The molecule has 1 heterocycles. The van der Waals surface area contributed by atoms with Gasteiger partial charge in [-0.1, -0.05) is 37.0 Å². The van der Waals surface area contributed by atoms with Crippen LogP contribution in [0, 0.1) is 0 Å². The molecule has 1 aliphatic carbocycles. The normalized spacial score (nSPS) is 20.1. The molecule has 2 aliphatic rings. The molecule has 0 aromatic heterocycles. The molecule has 4 N–H and O–H groups in total. The average Bonchev–Trinajstić information content (AvgIpc) is 2.63. The fraction of sp³-hybridized carbons (Fsp3) is 0.333. The van der Waals surface area contributed by atoms with Crippen LogP contribution in [0.5, 0.6) is 0 Å². The number of piperidine rings is 1. The first-order chi connectivity index (χ1) is 11.8. The second kappa shape index (κ2) is 8.02. The summed E-state index contributed by atoms with van der Waals surface area (Å²) in [5.74, 6) is 0. The Kier molecular flexibility index (Phi) is 5.55. The van der Waals surface area contributed by atoms with Crippen molar-refractivity contribution >= 4 is 23.5 Å². The highest BCUT2D eigenvalue weighted by atomic mass is 15.0. The van der Waals surface area contributed by atoms with Gasteiger partial charge in [-0.25, -0.2) is 0 Å². The van der Waals surface area contributed by atoms with Gasteiger partial charge in [0.25, 0.3) is 0 Å². The molecule has 0 radical (unpaired) electrons. The molecule has 0 spiro atoms. The summed E-state index contributed by atoms with van der Waals surface area (Å²) < 4.78 is 0. The summed E-state index contributed by atoms with van der Waals surface area (Å²) in [5, 5.41) is 9.30. The molecule has 24 heavy (non-hydrogen) atoms. The van der Waals surface area contributed by atoms with Crippen molar-refractivity contribution in [2.45, 2.75) is 31.7 Å². The first-order valence-electron chi connectivity index (χ1n) is 8.85. The summed E-state index contributed by atoms with van der Waals surface area (Å²) in [6, 6.07) is 4.94. The number of allylic oxidation sites excluding steroid dienone is 5. The lowest BCUT2D eigenvalue weighted by Crippen LogP contribution is -2.38. The largest absolute Gasteiger partial charge is 0.404 e. The Morgan fingerprint density at radius 2 is 2.04 bits per heavy atom. The second-order valence-corrected chi connectivity index (χ2v) is 6.40. The van der Waals surface area contributed by atoms with Crippen molar-refractivity contribution in [2.24, 2.45) is 5.73 Å². The zero-order chi connectivity index (χ0) is 16.8. The third-order valence-electron chi connectivity index (χ3n) is 4.70. The molecule has 1 aliphatic heterocycles. The van der Waals surface area contributed by atoms with E-state index in [2.05, 4.69) is 47.6 Å². The number of nitrogens with one attached hydrogen (secondary N) is 2. The number of rotatable bonds is 4. The standard InChI is InChI=1S/C21H27N3/c1-2-6-17-13-18(16-7-4-3-5-8-16)14-21(20(17)15-22)24-19-9-11-23-12-10-19/h2,4,6-8,13-15,19,23-24H,1,3,5,9-12,22H2/b17-6-,20-15+. The molecule has 0 saturated carbocycles. The van der Waals surface area contributed by atoms with Gasteiger partial charge in [0.15, 0.2) is 0 Å². The number of hydrogen-bond acceptors (Lipinski definition) is 3. The van der Waals surface area contributed by atoms with Gasteiger partial charge in [0, 0.05) is 23.1 Å². The molecular formula is C21H27N3. The number of hydrogen-bond donors (Lipinski definition) is 3. The monoisotopic (exact) mass is 321 g/mol. The van der Waals surface area contributed by atoms with Crippen molar-refractivity contribution in [1.29, 1.82) is 0 Å². The fourth-order valence-corrected chi connectivity index (χ4v) is 3.43. The van der Waals surface area contributed by atoms with Crippen molar-refractivity contribution in [2.75, 3.05) is 18.4 Å². The quantitative estimate of drug-likeness (QED) is 0.797. The maximum absolute atomic E-state index is 5.96. The molecule has 1 saturated heterocycles. The average molecular weight is 321 g/mol. The Labute approximate surface area is 144 Å². The van der Waals surface area contributed by atoms with E-state index >= 15 is 0 Å². The molecule has 3 heteroatoms. The summed E-state index contributed by atoms with van der Waals surface area (Å²) in [6.45, 7) is 5.99. The van der Waals surface area contributed by atoms with Gasteiger partial charge >= 0.3 is 0 Å². The van der Waals surface area contributed by atoms with Crippen LogP contribution in [-0.4, -0.2) is 19.1 Å². The molecule has 3 rings (SSSR count). The molecule has 1 aromatic carbocycles. The highest BCUT2D eigenvalue weighted by Gasteiger charge is 2.14. The molecular weight excluding hydrogens is 294 g/mol. The van der Waals surface area contributed by atoms with Crippen LogP contribution < -0.4 is 26.8 Å². The second-order valence-electron chi connectivity index (χ2n) is 6.40. The Bertz CT molecular complexity index is 765. The summed E-state index contributed by atoms with van der Waals surface area (Å²) in [5.41, 5.74) is 9.60. The third-order valence-corrected chi connectivity index (χ3v) is 4.70. The van der Waals surface area contributed by atoms with Gasteiger partial charge in [0.2, 0.25) is 0 Å². The van der Waals surface area contributed by atoms with Crippen molar-refractivity contribution in [3.8, 4) is 0 Å². The Morgan fingerprint density at radius 3 is 2.71 bits per heavy atom. The van der Waals surface area contributed by atoms with E-state index in [-0.39, 0.29) is 0 Å². The summed E-state index contributed by atoms with van der Waals surface area (Å²) in [6.07, 6.45) is 16.8. The van der Waals surface area contributed by atoms with Crippen LogP contribution in [0.2, 0.25) is 0 Å². The molecule has 0 unspecified atom stereocenters. The van der Waals surface area contributed by atoms with Crippen LogP contribution in [0.3, 0.4) is 0 Å². The summed E-state index contributed by atoms with van der Waals surface area (Å²) in [4.78, 5) is 0. The van der Waals surface area contributed by atoms with Crippen LogP contribution in [0.15, 0.2) is 43.0 Å². The van der Waals surface area contributed by atoms with Gasteiger partial charge in [-0.3, -0.25) is 0 Å². The lowest BCUT2D eigenvalue weighted by Gasteiger charge is -2.25. The zero-order valence-electron chi connectivity index (χ0n) is 14.2. The van der Waals surface area contributed by atoms with Crippen LogP contribution in [-0.2, 0) is 0 Å². The summed E-state index contributed by atoms with van der Waals surface area (Å²) >= 11 is 0. The predicted molar refractivity (Wildman–Crippen MR) is 105 cm³/mol. The van der Waals surface area contributed by atoms with Gasteiger partial charge in [-0.05, 0) is 67.3 Å². The molecule has 1 aromatic rings. The lowest BCUT2D eigenvalue weighted by molar-refractivity contribution is 0.479. The van der Waals surface area contributed by atoms with Gasteiger partial charge in [0.05, 0.1) is 0 Å². The van der Waals surface area contributed by atoms with Gasteiger partial charge < -0.3 is 16.4 Å². The first-order valence-corrected chi connectivity index (χ1v) is 8.85. The van der Waals surface area contributed by atoms with E-state index in [1.54, 1.807) is 6.20 Å². The van der Waals surface area contributed by atoms with Gasteiger partial charge in [-0.15, -0.1) is 0 Å². The minimum atomic E-state index is 0.493. The van der Waals surface area contributed by atoms with E-state index in [0.717, 1.165) is 54.9 Å². The van der Waals surface area contributed by atoms with E-state index in [4.69, 9.17) is 5.73 Å².